The topological polar surface area (TPSA) is 80.4 Å². The number of aromatic carboxylic acids is 1. The molecule has 1 aromatic rings. The van der Waals surface area contributed by atoms with Crippen LogP contribution in [0.15, 0.2) is 12.1 Å². The zero-order valence-corrected chi connectivity index (χ0v) is 9.43. The molecule has 0 aromatic heterocycles. The predicted molar refractivity (Wildman–Crippen MR) is 60.3 cm³/mol. The normalized spacial score (nSPS) is 12.4. The van der Waals surface area contributed by atoms with E-state index in [-0.39, 0.29) is 11.3 Å². The lowest BCUT2D eigenvalue weighted by molar-refractivity contribution is 0.0698. The third kappa shape index (κ3) is 2.56. The Bertz CT molecular complexity index is 429. The number of nitrogens with two attached hydrogens (primary N) is 1. The molecule has 0 saturated carbocycles. The Kier molecular flexibility index (Phi) is 3.47. The summed E-state index contributed by atoms with van der Waals surface area (Å²) in [4.78, 5) is 10.8. The van der Waals surface area contributed by atoms with Gasteiger partial charge < -0.3 is 10.8 Å². The molecule has 0 aliphatic carbocycles. The van der Waals surface area contributed by atoms with E-state index in [2.05, 4.69) is 0 Å². The van der Waals surface area contributed by atoms with Gasteiger partial charge in [0.1, 0.15) is 0 Å². The second-order valence-electron chi connectivity index (χ2n) is 3.33. The number of nitrogen functional groups attached to an aromatic ring is 1. The molecule has 1 atom stereocenters. The lowest BCUT2D eigenvalue weighted by atomic mass is 10.0. The van der Waals surface area contributed by atoms with Crippen LogP contribution in [0.1, 0.15) is 21.5 Å². The van der Waals surface area contributed by atoms with Crippen LogP contribution in [0, 0.1) is 6.92 Å². The maximum Gasteiger partial charge on any atom is 0.337 e. The highest BCUT2D eigenvalue weighted by atomic mass is 32.2. The van der Waals surface area contributed by atoms with E-state index in [9.17, 15) is 9.00 Å². The van der Waals surface area contributed by atoms with Gasteiger partial charge in [0.2, 0.25) is 0 Å². The Morgan fingerprint density at radius 3 is 2.60 bits per heavy atom. The molecular weight excluding hydrogens is 214 g/mol. The molecular formula is C10H13NO3S. The molecule has 0 heterocycles. The summed E-state index contributed by atoms with van der Waals surface area (Å²) in [7, 11) is -0.955. The molecule has 0 aliphatic rings. The maximum absolute atomic E-state index is 11.0. The Balaban J connectivity index is 3.21. The van der Waals surface area contributed by atoms with Gasteiger partial charge in [-0.2, -0.15) is 0 Å². The van der Waals surface area contributed by atoms with Crippen LogP contribution in [-0.4, -0.2) is 21.5 Å². The highest BCUT2D eigenvalue weighted by Gasteiger charge is 2.12. The van der Waals surface area contributed by atoms with Crippen molar-refractivity contribution >= 4 is 22.5 Å². The second kappa shape index (κ2) is 4.44. The molecule has 3 N–H and O–H groups in total. The highest BCUT2D eigenvalue weighted by Crippen LogP contribution is 2.22. The summed E-state index contributed by atoms with van der Waals surface area (Å²) >= 11 is 0. The molecule has 1 aromatic carbocycles. The van der Waals surface area contributed by atoms with Gasteiger partial charge >= 0.3 is 5.97 Å². The van der Waals surface area contributed by atoms with Crippen LogP contribution in [0.4, 0.5) is 5.69 Å². The Hall–Kier alpha value is -1.36. The number of anilines is 1. The second-order valence-corrected chi connectivity index (χ2v) is 4.77. The molecule has 0 fully saturated rings. The minimum Gasteiger partial charge on any atom is -0.478 e. The van der Waals surface area contributed by atoms with E-state index in [1.165, 1.54) is 6.07 Å². The van der Waals surface area contributed by atoms with Crippen LogP contribution in [0.5, 0.6) is 0 Å². The largest absolute Gasteiger partial charge is 0.478 e. The Morgan fingerprint density at radius 1 is 1.53 bits per heavy atom. The molecule has 4 nitrogen and oxygen atoms in total. The zero-order chi connectivity index (χ0) is 11.6. The Morgan fingerprint density at radius 2 is 2.13 bits per heavy atom. The van der Waals surface area contributed by atoms with E-state index < -0.39 is 16.8 Å². The smallest absolute Gasteiger partial charge is 0.337 e. The lowest BCUT2D eigenvalue weighted by Crippen LogP contribution is -2.07. The fraction of sp³-hybridized carbons (Fsp3) is 0.300. The third-order valence-corrected chi connectivity index (χ3v) is 2.93. The first kappa shape index (κ1) is 11.7. The molecule has 1 unspecified atom stereocenters. The zero-order valence-electron chi connectivity index (χ0n) is 8.61. The first-order valence-corrected chi connectivity index (χ1v) is 6.07. The quantitative estimate of drug-likeness (QED) is 0.759. The number of benzene rings is 1. The number of carbonyl (C=O) groups is 1. The van der Waals surface area contributed by atoms with Gasteiger partial charge in [0.05, 0.1) is 5.56 Å². The van der Waals surface area contributed by atoms with Gasteiger partial charge in [-0.25, -0.2) is 4.79 Å². The van der Waals surface area contributed by atoms with E-state index in [0.717, 1.165) is 5.56 Å². The molecule has 82 valence electrons. The summed E-state index contributed by atoms with van der Waals surface area (Å²) < 4.78 is 11.0. The van der Waals surface area contributed by atoms with Gasteiger partial charge in [-0.3, -0.25) is 4.21 Å². The summed E-state index contributed by atoms with van der Waals surface area (Å²) in [5, 5.41) is 8.82. The summed E-state index contributed by atoms with van der Waals surface area (Å²) in [6.45, 7) is 1.74. The summed E-state index contributed by atoms with van der Waals surface area (Å²) in [6, 6.07) is 3.11. The van der Waals surface area contributed by atoms with E-state index >= 15 is 0 Å². The average molecular weight is 227 g/mol. The van der Waals surface area contributed by atoms with Crippen LogP contribution in [0.25, 0.3) is 0 Å². The molecule has 0 bridgehead atoms. The fourth-order valence-electron chi connectivity index (χ4n) is 1.34. The van der Waals surface area contributed by atoms with E-state index in [0.29, 0.717) is 11.3 Å². The van der Waals surface area contributed by atoms with Crippen molar-refractivity contribution in [2.45, 2.75) is 12.7 Å². The molecule has 15 heavy (non-hydrogen) atoms. The van der Waals surface area contributed by atoms with Crippen molar-refractivity contribution < 1.29 is 14.1 Å². The highest BCUT2D eigenvalue weighted by molar-refractivity contribution is 7.83. The fourth-order valence-corrected chi connectivity index (χ4v) is 2.09. The monoisotopic (exact) mass is 227 g/mol. The van der Waals surface area contributed by atoms with Crippen LogP contribution in [0.3, 0.4) is 0 Å². The molecule has 0 saturated heterocycles. The minimum absolute atomic E-state index is 0.0955. The first-order valence-electron chi connectivity index (χ1n) is 4.34. The van der Waals surface area contributed by atoms with Gasteiger partial charge in [-0.05, 0) is 24.1 Å². The van der Waals surface area contributed by atoms with E-state index in [1.54, 1.807) is 19.2 Å². The Labute approximate surface area is 90.6 Å². The summed E-state index contributed by atoms with van der Waals surface area (Å²) in [6.07, 6.45) is 1.60. The van der Waals surface area contributed by atoms with Crippen LogP contribution >= 0.6 is 0 Å². The number of hydrogen-bond donors (Lipinski definition) is 2. The maximum atomic E-state index is 11.0. The minimum atomic E-state index is -1.04. The van der Waals surface area contributed by atoms with Crippen molar-refractivity contribution in [3.63, 3.8) is 0 Å². The van der Waals surface area contributed by atoms with Crippen molar-refractivity contribution in [1.29, 1.82) is 0 Å². The predicted octanol–water partition coefficient (Wildman–Crippen LogP) is 1.15. The van der Waals surface area contributed by atoms with Crippen LogP contribution < -0.4 is 5.73 Å². The van der Waals surface area contributed by atoms with Crippen molar-refractivity contribution in [2.75, 3.05) is 12.0 Å². The third-order valence-electron chi connectivity index (χ3n) is 2.22. The van der Waals surface area contributed by atoms with E-state index in [1.807, 2.05) is 0 Å². The van der Waals surface area contributed by atoms with Gasteiger partial charge in [0, 0.05) is 28.5 Å². The number of rotatable bonds is 3. The SMILES string of the molecule is Cc1c(CS(C)=O)ccc(C(=O)O)c1N. The van der Waals surface area contributed by atoms with Crippen molar-refractivity contribution in [3.8, 4) is 0 Å². The van der Waals surface area contributed by atoms with Gasteiger partial charge in [0.25, 0.3) is 0 Å². The van der Waals surface area contributed by atoms with Crippen LogP contribution in [-0.2, 0) is 16.6 Å². The molecule has 0 amide bonds. The molecule has 0 radical (unpaired) electrons. The van der Waals surface area contributed by atoms with Crippen LogP contribution in [0.2, 0.25) is 0 Å². The first-order chi connectivity index (χ1) is 6.93. The summed E-state index contributed by atoms with van der Waals surface area (Å²) in [5.41, 5.74) is 7.56. The number of carboxylic acids is 1. The summed E-state index contributed by atoms with van der Waals surface area (Å²) in [5.74, 6) is -0.643. The molecule has 0 spiro atoms. The number of carboxylic acid groups (broad SMARTS) is 1. The standard InChI is InChI=1S/C10H13NO3S/c1-6-7(5-15(2)14)3-4-8(9(6)11)10(12)13/h3-4H,5,11H2,1-2H3,(H,12,13). The van der Waals surface area contributed by atoms with E-state index in [4.69, 9.17) is 10.8 Å². The van der Waals surface area contributed by atoms with Gasteiger partial charge in [-0.1, -0.05) is 6.07 Å². The molecule has 1 rings (SSSR count). The van der Waals surface area contributed by atoms with Gasteiger partial charge in [-0.15, -0.1) is 0 Å². The average Bonchev–Trinajstić information content (AvgIpc) is 2.12. The van der Waals surface area contributed by atoms with Crippen molar-refractivity contribution in [1.82, 2.24) is 0 Å². The molecule has 5 heteroatoms. The van der Waals surface area contributed by atoms with Crippen molar-refractivity contribution in [2.24, 2.45) is 0 Å². The lowest BCUT2D eigenvalue weighted by Gasteiger charge is -2.09. The van der Waals surface area contributed by atoms with Gasteiger partial charge in [0.15, 0.2) is 0 Å². The van der Waals surface area contributed by atoms with Crippen molar-refractivity contribution in [3.05, 3.63) is 28.8 Å². The number of hydrogen-bond acceptors (Lipinski definition) is 3. The molecule has 0 aliphatic heterocycles.